The van der Waals surface area contributed by atoms with Crippen LogP contribution in [0.25, 0.3) is 0 Å². The highest BCUT2D eigenvalue weighted by atomic mass is 79.9. The quantitative estimate of drug-likeness (QED) is 0.397. The van der Waals surface area contributed by atoms with E-state index < -0.39 is 10.8 Å². The molecular weight excluding hydrogens is 462 g/mol. The zero-order valence-electron chi connectivity index (χ0n) is 14.8. The van der Waals surface area contributed by atoms with Gasteiger partial charge in [-0.1, -0.05) is 33.3 Å². The summed E-state index contributed by atoms with van der Waals surface area (Å²) < 4.78 is 0.822. The van der Waals surface area contributed by atoms with Crippen molar-refractivity contribution in [3.63, 3.8) is 0 Å². The molecule has 0 aliphatic heterocycles. The predicted molar refractivity (Wildman–Crippen MR) is 111 cm³/mol. The Labute approximate surface area is 177 Å². The first-order chi connectivity index (χ1) is 13.9. The Kier molecular flexibility index (Phi) is 6.62. The van der Waals surface area contributed by atoms with Gasteiger partial charge in [-0.2, -0.15) is 0 Å². The number of carbonyl (C=O) groups is 2. The van der Waals surface area contributed by atoms with Crippen molar-refractivity contribution in [2.75, 3.05) is 11.9 Å². The van der Waals surface area contributed by atoms with Gasteiger partial charge in [0.1, 0.15) is 5.01 Å². The summed E-state index contributed by atoms with van der Waals surface area (Å²) in [6, 6.07) is 12.3. The molecule has 3 rings (SSSR count). The number of aromatic nitrogens is 2. The number of non-ortho nitro benzene ring substituents is 1. The molecule has 0 spiro atoms. The number of hydrogen-bond donors (Lipinski definition) is 2. The summed E-state index contributed by atoms with van der Waals surface area (Å²) in [6.07, 6.45) is 0.463. The van der Waals surface area contributed by atoms with Gasteiger partial charge in [-0.25, -0.2) is 0 Å². The Morgan fingerprint density at radius 1 is 1.07 bits per heavy atom. The highest BCUT2D eigenvalue weighted by molar-refractivity contribution is 9.10. The molecule has 3 aromatic rings. The van der Waals surface area contributed by atoms with Crippen LogP contribution in [0.4, 0.5) is 10.8 Å². The third-order valence-electron chi connectivity index (χ3n) is 3.74. The van der Waals surface area contributed by atoms with Crippen LogP contribution in [-0.4, -0.2) is 33.5 Å². The fourth-order valence-electron chi connectivity index (χ4n) is 2.32. The smallest absolute Gasteiger partial charge is 0.269 e. The fraction of sp³-hybridized carbons (Fsp3) is 0.111. The topological polar surface area (TPSA) is 127 Å². The first kappa shape index (κ1) is 20.6. The molecule has 0 bridgehead atoms. The molecule has 0 aliphatic carbocycles. The molecule has 148 valence electrons. The Hall–Kier alpha value is -3.18. The van der Waals surface area contributed by atoms with E-state index in [2.05, 4.69) is 36.8 Å². The lowest BCUT2D eigenvalue weighted by Crippen LogP contribution is -2.25. The number of amides is 2. The summed E-state index contributed by atoms with van der Waals surface area (Å²) in [5.41, 5.74) is 0.728. The third kappa shape index (κ3) is 5.65. The van der Waals surface area contributed by atoms with E-state index in [-0.39, 0.29) is 17.2 Å². The lowest BCUT2D eigenvalue weighted by atomic mass is 10.2. The lowest BCUT2D eigenvalue weighted by molar-refractivity contribution is -0.384. The summed E-state index contributed by atoms with van der Waals surface area (Å²) in [5.74, 6) is -0.631. The predicted octanol–water partition coefficient (Wildman–Crippen LogP) is 3.43. The monoisotopic (exact) mass is 475 g/mol. The van der Waals surface area contributed by atoms with Gasteiger partial charge < -0.3 is 5.32 Å². The highest BCUT2D eigenvalue weighted by Crippen LogP contribution is 2.18. The van der Waals surface area contributed by atoms with Crippen LogP contribution in [-0.2, 0) is 6.42 Å². The maximum absolute atomic E-state index is 12.2. The van der Waals surface area contributed by atoms with Crippen LogP contribution in [0, 0.1) is 10.1 Å². The minimum absolute atomic E-state index is 0.0929. The Morgan fingerprint density at radius 2 is 1.83 bits per heavy atom. The lowest BCUT2D eigenvalue weighted by Gasteiger charge is -2.04. The molecule has 2 aromatic carbocycles. The second-order valence-corrected chi connectivity index (χ2v) is 7.75. The molecule has 9 nitrogen and oxygen atoms in total. The van der Waals surface area contributed by atoms with Gasteiger partial charge in [0, 0.05) is 40.7 Å². The van der Waals surface area contributed by atoms with Crippen molar-refractivity contribution in [1.29, 1.82) is 0 Å². The van der Waals surface area contributed by atoms with Gasteiger partial charge in [-0.05, 0) is 30.3 Å². The van der Waals surface area contributed by atoms with E-state index in [1.807, 2.05) is 6.07 Å². The first-order valence-corrected chi connectivity index (χ1v) is 9.95. The van der Waals surface area contributed by atoms with Crippen LogP contribution in [0.5, 0.6) is 0 Å². The summed E-state index contributed by atoms with van der Waals surface area (Å²) in [6.45, 7) is 0.371. The molecule has 0 atom stereocenters. The van der Waals surface area contributed by atoms with Crippen LogP contribution in [0.1, 0.15) is 25.7 Å². The average Bonchev–Trinajstić information content (AvgIpc) is 3.15. The van der Waals surface area contributed by atoms with E-state index in [0.717, 1.165) is 4.47 Å². The summed E-state index contributed by atoms with van der Waals surface area (Å²) >= 11 is 4.52. The van der Waals surface area contributed by atoms with Crippen molar-refractivity contribution >= 4 is 49.9 Å². The average molecular weight is 476 g/mol. The summed E-state index contributed by atoms with van der Waals surface area (Å²) in [4.78, 5) is 34.4. The van der Waals surface area contributed by atoms with Crippen molar-refractivity contribution < 1.29 is 14.5 Å². The number of halogens is 1. The van der Waals surface area contributed by atoms with E-state index in [4.69, 9.17) is 0 Å². The van der Waals surface area contributed by atoms with Crippen LogP contribution in [0.3, 0.4) is 0 Å². The molecule has 0 saturated carbocycles. The van der Waals surface area contributed by atoms with E-state index in [1.54, 1.807) is 18.2 Å². The van der Waals surface area contributed by atoms with Gasteiger partial charge in [0.2, 0.25) is 5.13 Å². The number of hydrogen-bond acceptors (Lipinski definition) is 7. The van der Waals surface area contributed by atoms with Crippen molar-refractivity contribution in [2.45, 2.75) is 6.42 Å². The largest absolute Gasteiger partial charge is 0.352 e. The molecule has 2 amide bonds. The molecule has 29 heavy (non-hydrogen) atoms. The van der Waals surface area contributed by atoms with Gasteiger partial charge in [0.15, 0.2) is 0 Å². The van der Waals surface area contributed by atoms with Crippen LogP contribution < -0.4 is 10.6 Å². The van der Waals surface area contributed by atoms with Crippen molar-refractivity contribution in [2.24, 2.45) is 0 Å². The number of anilines is 1. The summed E-state index contributed by atoms with van der Waals surface area (Å²) in [5, 5.41) is 24.9. The van der Waals surface area contributed by atoms with Crippen LogP contribution in [0.2, 0.25) is 0 Å². The zero-order chi connectivity index (χ0) is 20.8. The number of carbonyl (C=O) groups excluding carboxylic acids is 2. The molecule has 2 N–H and O–H groups in total. The number of benzene rings is 2. The second kappa shape index (κ2) is 9.34. The molecule has 1 aromatic heterocycles. The minimum atomic E-state index is -0.534. The van der Waals surface area contributed by atoms with Gasteiger partial charge in [0.25, 0.3) is 17.5 Å². The number of nitro groups is 1. The number of nitrogens with zero attached hydrogens (tertiary/aromatic N) is 3. The second-order valence-electron chi connectivity index (χ2n) is 5.78. The van der Waals surface area contributed by atoms with Crippen LogP contribution >= 0.6 is 27.3 Å². The summed E-state index contributed by atoms with van der Waals surface area (Å²) in [7, 11) is 0. The van der Waals surface area contributed by atoms with Crippen molar-refractivity contribution in [3.8, 4) is 0 Å². The van der Waals surface area contributed by atoms with Crippen LogP contribution in [0.15, 0.2) is 53.0 Å². The molecule has 0 radical (unpaired) electrons. The van der Waals surface area contributed by atoms with E-state index in [1.165, 1.54) is 35.6 Å². The Balaban J connectivity index is 1.50. The van der Waals surface area contributed by atoms with Gasteiger partial charge in [-0.3, -0.25) is 25.0 Å². The molecule has 0 unspecified atom stereocenters. The normalized spacial score (nSPS) is 10.4. The molecule has 11 heteroatoms. The maximum atomic E-state index is 12.2. The Bertz CT molecular complexity index is 1050. The van der Waals surface area contributed by atoms with Crippen molar-refractivity contribution in [3.05, 3.63) is 79.3 Å². The maximum Gasteiger partial charge on any atom is 0.269 e. The SMILES string of the molecule is O=C(NCCc1nnc(NC(=O)c2ccc([N+](=O)[O-])cc2)s1)c1cccc(Br)c1. The molecule has 0 saturated heterocycles. The van der Waals surface area contributed by atoms with E-state index in [9.17, 15) is 19.7 Å². The number of rotatable bonds is 7. The molecule has 0 aliphatic rings. The Morgan fingerprint density at radius 3 is 2.52 bits per heavy atom. The van der Waals surface area contributed by atoms with E-state index in [0.29, 0.717) is 28.7 Å². The molecule has 0 fully saturated rings. The van der Waals surface area contributed by atoms with Crippen molar-refractivity contribution in [1.82, 2.24) is 15.5 Å². The number of nitrogens with one attached hydrogen (secondary N) is 2. The van der Waals surface area contributed by atoms with E-state index >= 15 is 0 Å². The van der Waals surface area contributed by atoms with Gasteiger partial charge in [0.05, 0.1) is 4.92 Å². The molecule has 1 heterocycles. The highest BCUT2D eigenvalue weighted by Gasteiger charge is 2.13. The molecular formula is C18H14BrN5O4S. The zero-order valence-corrected chi connectivity index (χ0v) is 17.2. The third-order valence-corrected chi connectivity index (χ3v) is 5.13. The standard InChI is InChI=1S/C18H14BrN5O4S/c19-13-3-1-2-12(10-13)16(25)20-9-8-15-22-23-18(29-15)21-17(26)11-4-6-14(7-5-11)24(27)28/h1-7,10H,8-9H2,(H,20,25)(H,21,23,26). The fourth-order valence-corrected chi connectivity index (χ4v) is 3.46. The van der Waals surface area contributed by atoms with Gasteiger partial charge in [-0.15, -0.1) is 10.2 Å². The van der Waals surface area contributed by atoms with Gasteiger partial charge >= 0.3 is 0 Å². The minimum Gasteiger partial charge on any atom is -0.352 e. The first-order valence-electron chi connectivity index (χ1n) is 8.34. The number of nitro benzene ring substituents is 1.